The van der Waals surface area contributed by atoms with Gasteiger partial charge in [0.2, 0.25) is 12.5 Å². The van der Waals surface area contributed by atoms with Gasteiger partial charge in [-0.05, 0) is 97.1 Å². The molecular weight excluding hydrogens is 590 g/mol. The number of carbonyl (C=O) groups is 2. The normalized spacial score (nSPS) is 28.6. The number of hydrogen-bond donors (Lipinski definition) is 3. The fraction of sp³-hybridized carbons (Fsp3) is 0.429. The van der Waals surface area contributed by atoms with Crippen molar-refractivity contribution in [3.63, 3.8) is 0 Å². The summed E-state index contributed by atoms with van der Waals surface area (Å²) in [5, 5.41) is 17.5. The highest BCUT2D eigenvalue weighted by Crippen LogP contribution is 2.56. The number of methoxy groups -OCH3 is 2. The van der Waals surface area contributed by atoms with Gasteiger partial charge < -0.3 is 44.3 Å². The smallest absolute Gasteiger partial charge is 0.310 e. The predicted molar refractivity (Wildman–Crippen MR) is 167 cm³/mol. The number of fused-ring (bicyclic) bond motifs is 6. The molecule has 0 radical (unpaired) electrons. The molecule has 0 aromatic heterocycles. The maximum atomic E-state index is 13.5. The molecule has 11 heteroatoms. The number of hydrogen-bond acceptors (Lipinski definition) is 10. The van der Waals surface area contributed by atoms with Crippen LogP contribution in [0.4, 0.5) is 5.69 Å². The first-order valence-electron chi connectivity index (χ1n) is 15.9. The van der Waals surface area contributed by atoms with Crippen molar-refractivity contribution in [3.8, 4) is 28.7 Å². The molecule has 3 aromatic carbocycles. The average molecular weight is 628 g/mol. The molecule has 2 bridgehead atoms. The molecule has 1 unspecified atom stereocenters. The third kappa shape index (κ3) is 4.76. The first-order valence-corrected chi connectivity index (χ1v) is 15.9. The quantitative estimate of drug-likeness (QED) is 0.330. The minimum Gasteiger partial charge on any atom is -0.502 e. The SMILES string of the molecule is COc1cc([C@@H]2c3cc4c(cc3[C@@H](Nc3ccc(C(=O)NC5CN6CCC5CC6)cc3)[C@H]3COC(=O)[C@H]23)OCO4)cc(OC)c1O. The summed E-state index contributed by atoms with van der Waals surface area (Å²) < 4.78 is 28.2. The summed E-state index contributed by atoms with van der Waals surface area (Å²) in [4.78, 5) is 29.1. The molecule has 5 heterocycles. The molecule has 5 atom stereocenters. The first-order chi connectivity index (χ1) is 22.4. The Balaban J connectivity index is 1.12. The van der Waals surface area contributed by atoms with Crippen LogP contribution in [0.25, 0.3) is 0 Å². The van der Waals surface area contributed by atoms with Crippen molar-refractivity contribution >= 4 is 17.6 Å². The lowest BCUT2D eigenvalue weighted by atomic mass is 9.65. The van der Waals surface area contributed by atoms with E-state index in [0.29, 0.717) is 23.0 Å². The van der Waals surface area contributed by atoms with E-state index in [1.165, 1.54) is 14.2 Å². The van der Waals surface area contributed by atoms with Crippen molar-refractivity contribution < 1.29 is 38.4 Å². The molecule has 4 fully saturated rings. The lowest BCUT2D eigenvalue weighted by Gasteiger charge is -2.44. The van der Waals surface area contributed by atoms with Gasteiger partial charge >= 0.3 is 5.97 Å². The van der Waals surface area contributed by atoms with Gasteiger partial charge in [-0.25, -0.2) is 0 Å². The van der Waals surface area contributed by atoms with E-state index in [4.69, 9.17) is 23.7 Å². The van der Waals surface area contributed by atoms with Crippen molar-refractivity contribution in [2.24, 2.45) is 17.8 Å². The van der Waals surface area contributed by atoms with Crippen LogP contribution in [0.3, 0.4) is 0 Å². The number of rotatable bonds is 7. The summed E-state index contributed by atoms with van der Waals surface area (Å²) in [7, 11) is 2.95. The van der Waals surface area contributed by atoms with E-state index in [1.807, 2.05) is 36.4 Å². The van der Waals surface area contributed by atoms with E-state index in [-0.39, 0.29) is 60.5 Å². The van der Waals surface area contributed by atoms with Crippen LogP contribution in [0.15, 0.2) is 48.5 Å². The van der Waals surface area contributed by atoms with Crippen LogP contribution in [-0.4, -0.2) is 75.2 Å². The third-order valence-electron chi connectivity index (χ3n) is 10.5. The van der Waals surface area contributed by atoms with Crippen molar-refractivity contribution in [2.75, 3.05) is 52.6 Å². The maximum Gasteiger partial charge on any atom is 0.310 e. The van der Waals surface area contributed by atoms with E-state index in [9.17, 15) is 14.7 Å². The molecule has 3 aromatic rings. The number of aromatic hydroxyl groups is 1. The Bertz CT molecular complexity index is 1660. The number of anilines is 1. The predicted octanol–water partition coefficient (Wildman–Crippen LogP) is 4.05. The van der Waals surface area contributed by atoms with Gasteiger partial charge in [-0.15, -0.1) is 0 Å². The number of piperidine rings is 3. The zero-order valence-electron chi connectivity index (χ0n) is 25.8. The van der Waals surface area contributed by atoms with Crippen LogP contribution in [0.1, 0.15) is 51.8 Å². The minimum absolute atomic E-state index is 0.0570. The van der Waals surface area contributed by atoms with Crippen LogP contribution in [0.5, 0.6) is 28.7 Å². The highest BCUT2D eigenvalue weighted by molar-refractivity contribution is 5.94. The van der Waals surface area contributed by atoms with Gasteiger partial charge in [0.1, 0.15) is 0 Å². The highest BCUT2D eigenvalue weighted by atomic mass is 16.7. The Morgan fingerprint density at radius 1 is 0.935 bits per heavy atom. The molecule has 5 aliphatic heterocycles. The van der Waals surface area contributed by atoms with E-state index >= 15 is 0 Å². The molecule has 3 N–H and O–H groups in total. The molecule has 6 aliphatic rings. The standard InChI is InChI=1S/C35H37N3O8/c1-42-28-11-20(12-29(43-2)33(28)39)30-22-13-26-27(46-17-45-26)14-23(22)32(24-16-44-35(41)31(24)30)36-21-5-3-19(4-6-21)34(40)37-25-15-38-9-7-18(25)8-10-38/h3-6,11-14,18,24-25,30-32,36,39H,7-10,15-17H2,1-2H3,(H,37,40)/t24-,25?,30+,31-,32+/m0/s1. The largest absolute Gasteiger partial charge is 0.502 e. The number of ether oxygens (including phenoxy) is 5. The summed E-state index contributed by atoms with van der Waals surface area (Å²) in [6.07, 6.45) is 2.28. The second-order valence-corrected chi connectivity index (χ2v) is 12.8. The summed E-state index contributed by atoms with van der Waals surface area (Å²) in [6.45, 7) is 3.52. The number of phenols is 1. The molecule has 9 rings (SSSR count). The molecule has 46 heavy (non-hydrogen) atoms. The van der Waals surface area contributed by atoms with Crippen LogP contribution >= 0.6 is 0 Å². The number of cyclic esters (lactones) is 1. The fourth-order valence-corrected chi connectivity index (χ4v) is 8.12. The number of carbonyl (C=O) groups excluding carboxylic acids is 2. The summed E-state index contributed by atoms with van der Waals surface area (Å²) in [5.41, 5.74) is 4.01. The Morgan fingerprint density at radius 3 is 2.24 bits per heavy atom. The van der Waals surface area contributed by atoms with Crippen molar-refractivity contribution in [2.45, 2.75) is 30.8 Å². The Kier molecular flexibility index (Phi) is 7.08. The Morgan fingerprint density at radius 2 is 1.61 bits per heavy atom. The average Bonchev–Trinajstić information content (AvgIpc) is 3.71. The molecule has 1 aliphatic carbocycles. The first kappa shape index (κ1) is 28.8. The summed E-state index contributed by atoms with van der Waals surface area (Å²) >= 11 is 0. The maximum absolute atomic E-state index is 13.5. The Hall–Kier alpha value is -4.64. The zero-order valence-corrected chi connectivity index (χ0v) is 25.8. The molecular formula is C35H37N3O8. The van der Waals surface area contributed by atoms with E-state index in [2.05, 4.69) is 15.5 Å². The number of nitrogens with one attached hydrogen (secondary N) is 2. The van der Waals surface area contributed by atoms with Gasteiger partial charge in [0.25, 0.3) is 5.91 Å². The monoisotopic (exact) mass is 627 g/mol. The zero-order chi connectivity index (χ0) is 31.5. The minimum atomic E-state index is -0.532. The van der Waals surface area contributed by atoms with Gasteiger partial charge in [0, 0.05) is 35.7 Å². The number of phenolic OH excluding ortho intramolecular Hbond substituents is 1. The molecule has 4 saturated heterocycles. The fourth-order valence-electron chi connectivity index (χ4n) is 8.12. The van der Waals surface area contributed by atoms with Gasteiger partial charge in [0.05, 0.1) is 32.8 Å². The van der Waals surface area contributed by atoms with Crippen molar-refractivity contribution in [1.82, 2.24) is 10.2 Å². The molecule has 240 valence electrons. The van der Waals surface area contributed by atoms with Crippen LogP contribution in [-0.2, 0) is 9.53 Å². The summed E-state index contributed by atoms with van der Waals surface area (Å²) in [5.74, 6) is 0.631. The second-order valence-electron chi connectivity index (χ2n) is 12.8. The summed E-state index contributed by atoms with van der Waals surface area (Å²) in [6, 6.07) is 14.8. The van der Waals surface area contributed by atoms with E-state index < -0.39 is 11.8 Å². The third-order valence-corrected chi connectivity index (χ3v) is 10.5. The van der Waals surface area contributed by atoms with E-state index in [1.54, 1.807) is 12.1 Å². The molecule has 1 amide bonds. The topological polar surface area (TPSA) is 128 Å². The second kappa shape index (κ2) is 11.3. The van der Waals surface area contributed by atoms with Gasteiger partial charge in [-0.2, -0.15) is 0 Å². The van der Waals surface area contributed by atoms with Crippen LogP contribution in [0.2, 0.25) is 0 Å². The van der Waals surface area contributed by atoms with Gasteiger partial charge in [-0.3, -0.25) is 9.59 Å². The number of amides is 1. The Labute approximate surface area is 266 Å². The molecule has 0 saturated carbocycles. The van der Waals surface area contributed by atoms with Gasteiger partial charge in [0.15, 0.2) is 23.0 Å². The van der Waals surface area contributed by atoms with Crippen LogP contribution in [0, 0.1) is 17.8 Å². The number of nitrogens with zero attached hydrogens (tertiary/aromatic N) is 1. The molecule has 11 nitrogen and oxygen atoms in total. The lowest BCUT2D eigenvalue weighted by molar-refractivity contribution is -0.141. The van der Waals surface area contributed by atoms with Crippen molar-refractivity contribution in [3.05, 3.63) is 70.8 Å². The van der Waals surface area contributed by atoms with Crippen LogP contribution < -0.4 is 29.6 Å². The highest BCUT2D eigenvalue weighted by Gasteiger charge is 2.53. The lowest BCUT2D eigenvalue weighted by Crippen LogP contribution is -2.57. The van der Waals surface area contributed by atoms with E-state index in [0.717, 1.165) is 54.9 Å². The van der Waals surface area contributed by atoms with Gasteiger partial charge in [-0.1, -0.05) is 0 Å². The number of benzene rings is 3. The number of esters is 1. The molecule has 0 spiro atoms. The van der Waals surface area contributed by atoms with Crippen molar-refractivity contribution in [1.29, 1.82) is 0 Å².